The van der Waals surface area contributed by atoms with Crippen LogP contribution < -0.4 is 5.32 Å². The van der Waals surface area contributed by atoms with Gasteiger partial charge in [-0.05, 0) is 26.2 Å². The molecule has 2 fully saturated rings. The van der Waals surface area contributed by atoms with Gasteiger partial charge in [0, 0.05) is 12.6 Å². The molecule has 0 radical (unpaired) electrons. The number of hydrogen-bond acceptors (Lipinski definition) is 4. The van der Waals surface area contributed by atoms with E-state index in [-0.39, 0.29) is 23.5 Å². The van der Waals surface area contributed by atoms with Gasteiger partial charge in [-0.1, -0.05) is 0 Å². The lowest BCUT2D eigenvalue weighted by Gasteiger charge is -2.37. The zero-order valence-corrected chi connectivity index (χ0v) is 11.9. The smallest absolute Gasteiger partial charge is 0.237 e. The Balaban J connectivity index is 1.99. The SMILES string of the molecule is CC(Cl)C(=O)NC1CCOC2(CCS(=O)(=O)C2)C1. The minimum atomic E-state index is -2.99. The molecule has 7 heteroatoms. The van der Waals surface area contributed by atoms with Crippen molar-refractivity contribution in [3.8, 4) is 0 Å². The highest BCUT2D eigenvalue weighted by atomic mass is 35.5. The van der Waals surface area contributed by atoms with Gasteiger partial charge in [0.25, 0.3) is 0 Å². The standard InChI is InChI=1S/C11H18ClNO4S/c1-8(12)10(14)13-9-2-4-17-11(6-9)3-5-18(15,16)7-11/h8-9H,2-7H2,1H3,(H,13,14). The largest absolute Gasteiger partial charge is 0.374 e. The number of amides is 1. The number of carbonyl (C=O) groups is 1. The normalized spacial score (nSPS) is 36.4. The maximum Gasteiger partial charge on any atom is 0.237 e. The molecule has 2 heterocycles. The molecule has 1 N–H and O–H groups in total. The van der Waals surface area contributed by atoms with E-state index >= 15 is 0 Å². The Morgan fingerprint density at radius 2 is 2.28 bits per heavy atom. The summed E-state index contributed by atoms with van der Waals surface area (Å²) in [4.78, 5) is 11.5. The summed E-state index contributed by atoms with van der Waals surface area (Å²) in [5.74, 6) is 0.0436. The van der Waals surface area contributed by atoms with Gasteiger partial charge in [-0.25, -0.2) is 8.42 Å². The van der Waals surface area contributed by atoms with Crippen LogP contribution in [0.15, 0.2) is 0 Å². The van der Waals surface area contributed by atoms with Crippen LogP contribution >= 0.6 is 11.6 Å². The fraction of sp³-hybridized carbons (Fsp3) is 0.909. The van der Waals surface area contributed by atoms with E-state index < -0.39 is 20.8 Å². The lowest BCUT2D eigenvalue weighted by atomic mass is 9.90. The molecule has 104 valence electrons. The van der Waals surface area contributed by atoms with E-state index in [1.165, 1.54) is 0 Å². The van der Waals surface area contributed by atoms with E-state index in [4.69, 9.17) is 16.3 Å². The number of nitrogens with one attached hydrogen (secondary N) is 1. The summed E-state index contributed by atoms with van der Waals surface area (Å²) in [6, 6.07) is -0.0410. The summed E-state index contributed by atoms with van der Waals surface area (Å²) in [6.07, 6.45) is 1.79. The first-order chi connectivity index (χ1) is 8.32. The second kappa shape index (κ2) is 4.98. The predicted octanol–water partition coefficient (Wildman–Crippen LogP) is 0.466. The van der Waals surface area contributed by atoms with Crippen LogP contribution in [0, 0.1) is 0 Å². The van der Waals surface area contributed by atoms with Crippen LogP contribution in [0.25, 0.3) is 0 Å². The highest BCUT2D eigenvalue weighted by Crippen LogP contribution is 2.35. The monoisotopic (exact) mass is 295 g/mol. The Morgan fingerprint density at radius 1 is 1.56 bits per heavy atom. The molecule has 0 aromatic heterocycles. The molecule has 2 rings (SSSR count). The topological polar surface area (TPSA) is 72.5 Å². The summed E-state index contributed by atoms with van der Waals surface area (Å²) in [5, 5.41) is 2.28. The number of halogens is 1. The minimum Gasteiger partial charge on any atom is -0.374 e. The molecule has 0 saturated carbocycles. The van der Waals surface area contributed by atoms with Crippen LogP contribution in [0.2, 0.25) is 0 Å². The first-order valence-electron chi connectivity index (χ1n) is 6.11. The highest BCUT2D eigenvalue weighted by molar-refractivity contribution is 7.91. The molecule has 0 aliphatic carbocycles. The van der Waals surface area contributed by atoms with Gasteiger partial charge in [-0.15, -0.1) is 11.6 Å². The summed E-state index contributed by atoms with van der Waals surface area (Å²) in [6.45, 7) is 2.10. The molecule has 1 amide bonds. The van der Waals surface area contributed by atoms with Gasteiger partial charge < -0.3 is 10.1 Å². The van der Waals surface area contributed by atoms with E-state index in [1.807, 2.05) is 0 Å². The first-order valence-corrected chi connectivity index (χ1v) is 8.37. The first kappa shape index (κ1) is 14.1. The number of carbonyl (C=O) groups excluding carboxylic acids is 1. The second-order valence-corrected chi connectivity index (χ2v) is 8.03. The summed E-state index contributed by atoms with van der Waals surface area (Å²) >= 11 is 5.70. The number of alkyl halides is 1. The van der Waals surface area contributed by atoms with Crippen LogP contribution in [-0.2, 0) is 19.4 Å². The molecule has 1 spiro atoms. The molecule has 5 nitrogen and oxygen atoms in total. The van der Waals surface area contributed by atoms with Crippen molar-refractivity contribution >= 4 is 27.3 Å². The van der Waals surface area contributed by atoms with E-state index in [2.05, 4.69) is 5.32 Å². The molecule has 2 aliphatic rings. The molecule has 3 unspecified atom stereocenters. The average Bonchev–Trinajstić information content (AvgIpc) is 2.54. The molecule has 3 atom stereocenters. The lowest BCUT2D eigenvalue weighted by Crippen LogP contribution is -2.50. The molecule has 2 aliphatic heterocycles. The van der Waals surface area contributed by atoms with E-state index in [9.17, 15) is 13.2 Å². The van der Waals surface area contributed by atoms with Crippen LogP contribution in [-0.4, -0.2) is 49.5 Å². The van der Waals surface area contributed by atoms with Crippen molar-refractivity contribution in [2.24, 2.45) is 0 Å². The number of hydrogen-bond donors (Lipinski definition) is 1. The molecule has 0 bridgehead atoms. The van der Waals surface area contributed by atoms with Crippen LogP contribution in [0.5, 0.6) is 0 Å². The van der Waals surface area contributed by atoms with Crippen molar-refractivity contribution in [1.29, 1.82) is 0 Å². The summed E-state index contributed by atoms with van der Waals surface area (Å²) in [5.41, 5.74) is -0.593. The highest BCUT2D eigenvalue weighted by Gasteiger charge is 2.46. The molecule has 2 saturated heterocycles. The summed E-state index contributed by atoms with van der Waals surface area (Å²) in [7, 11) is -2.99. The van der Waals surface area contributed by atoms with Crippen molar-refractivity contribution in [2.45, 2.75) is 43.2 Å². The molecule has 18 heavy (non-hydrogen) atoms. The number of sulfone groups is 1. The Labute approximate surface area is 112 Å². The molecular formula is C11H18ClNO4S. The maximum atomic E-state index is 11.6. The average molecular weight is 296 g/mol. The van der Waals surface area contributed by atoms with Crippen molar-refractivity contribution in [1.82, 2.24) is 5.32 Å². The van der Waals surface area contributed by atoms with E-state index in [0.29, 0.717) is 25.9 Å². The van der Waals surface area contributed by atoms with Gasteiger partial charge in [0.15, 0.2) is 9.84 Å². The maximum absolute atomic E-state index is 11.6. The van der Waals surface area contributed by atoms with E-state index in [1.54, 1.807) is 6.92 Å². The minimum absolute atomic E-state index is 0.0410. The van der Waals surface area contributed by atoms with Crippen molar-refractivity contribution < 1.29 is 17.9 Å². The molecule has 0 aromatic carbocycles. The number of rotatable bonds is 2. The van der Waals surface area contributed by atoms with Gasteiger partial charge in [0.2, 0.25) is 5.91 Å². The Kier molecular flexibility index (Phi) is 3.90. The fourth-order valence-electron chi connectivity index (χ4n) is 2.63. The third kappa shape index (κ3) is 3.16. The number of ether oxygens (including phenoxy) is 1. The van der Waals surface area contributed by atoms with E-state index in [0.717, 1.165) is 0 Å². The Morgan fingerprint density at radius 3 is 2.83 bits per heavy atom. The Bertz CT molecular complexity index is 436. The van der Waals surface area contributed by atoms with Gasteiger partial charge >= 0.3 is 0 Å². The van der Waals surface area contributed by atoms with Crippen LogP contribution in [0.4, 0.5) is 0 Å². The van der Waals surface area contributed by atoms with Crippen molar-refractivity contribution in [2.75, 3.05) is 18.1 Å². The molecule has 0 aromatic rings. The van der Waals surface area contributed by atoms with Gasteiger partial charge in [0.1, 0.15) is 5.38 Å². The fourth-order valence-corrected chi connectivity index (χ4v) is 4.67. The third-order valence-electron chi connectivity index (χ3n) is 3.55. The van der Waals surface area contributed by atoms with Crippen LogP contribution in [0.1, 0.15) is 26.2 Å². The Hall–Kier alpha value is -0.330. The molecular weight excluding hydrogens is 278 g/mol. The van der Waals surface area contributed by atoms with Gasteiger partial charge in [-0.2, -0.15) is 0 Å². The van der Waals surface area contributed by atoms with Crippen molar-refractivity contribution in [3.63, 3.8) is 0 Å². The van der Waals surface area contributed by atoms with Gasteiger partial charge in [-0.3, -0.25) is 4.79 Å². The van der Waals surface area contributed by atoms with Gasteiger partial charge in [0.05, 0.1) is 17.1 Å². The lowest BCUT2D eigenvalue weighted by molar-refractivity contribution is -0.123. The van der Waals surface area contributed by atoms with Crippen molar-refractivity contribution in [3.05, 3.63) is 0 Å². The zero-order valence-electron chi connectivity index (χ0n) is 10.3. The second-order valence-electron chi connectivity index (χ2n) is 5.19. The predicted molar refractivity (Wildman–Crippen MR) is 68.4 cm³/mol. The van der Waals surface area contributed by atoms with Crippen LogP contribution in [0.3, 0.4) is 0 Å². The quantitative estimate of drug-likeness (QED) is 0.752. The summed E-state index contributed by atoms with van der Waals surface area (Å²) < 4.78 is 28.8. The zero-order chi connectivity index (χ0) is 13.4. The third-order valence-corrected chi connectivity index (χ3v) is 5.54.